The number of hydrogen-bond acceptors (Lipinski definition) is 2. The summed E-state index contributed by atoms with van der Waals surface area (Å²) in [6.45, 7) is 2.12. The van der Waals surface area contributed by atoms with E-state index >= 15 is 0 Å². The molecule has 0 aliphatic rings. The van der Waals surface area contributed by atoms with Gasteiger partial charge >= 0.3 is 5.97 Å². The predicted molar refractivity (Wildman–Crippen MR) is 88.3 cm³/mol. The summed E-state index contributed by atoms with van der Waals surface area (Å²) < 4.78 is 7.65. The van der Waals surface area contributed by atoms with E-state index in [9.17, 15) is 4.79 Å². The van der Waals surface area contributed by atoms with Crippen LogP contribution in [0.2, 0.25) is 0 Å². The largest absolute Gasteiger partial charge is 0.423 e. The maximum Gasteiger partial charge on any atom is 0.346 e. The standard InChI is InChI=1S/C19H19NO2/c1-3-9-17-18(15-12-7-8-13-16(15)20(17)2)19(21)22-14-10-5-4-6-11-14/h4-8,10-13H,3,9H2,1-2H3. The molecular weight excluding hydrogens is 274 g/mol. The fourth-order valence-electron chi connectivity index (χ4n) is 2.85. The van der Waals surface area contributed by atoms with Gasteiger partial charge in [0.15, 0.2) is 0 Å². The molecule has 1 heterocycles. The number of hydrogen-bond donors (Lipinski definition) is 0. The minimum atomic E-state index is -0.286. The van der Waals surface area contributed by atoms with Crippen molar-refractivity contribution in [3.63, 3.8) is 0 Å². The van der Waals surface area contributed by atoms with Gasteiger partial charge in [0, 0.05) is 23.6 Å². The molecule has 112 valence electrons. The SMILES string of the molecule is CCCc1c(C(=O)Oc2ccccc2)c2ccccc2n1C. The Morgan fingerprint density at radius 1 is 1.05 bits per heavy atom. The van der Waals surface area contributed by atoms with Gasteiger partial charge in [-0.25, -0.2) is 4.79 Å². The number of aromatic nitrogens is 1. The van der Waals surface area contributed by atoms with Crippen molar-refractivity contribution in [1.29, 1.82) is 0 Å². The molecule has 0 saturated heterocycles. The second-order valence-electron chi connectivity index (χ2n) is 5.35. The van der Waals surface area contributed by atoms with Crippen molar-refractivity contribution in [2.75, 3.05) is 0 Å². The smallest absolute Gasteiger partial charge is 0.346 e. The Morgan fingerprint density at radius 3 is 2.45 bits per heavy atom. The maximum absolute atomic E-state index is 12.7. The third-order valence-corrected chi connectivity index (χ3v) is 3.87. The Balaban J connectivity index is 2.08. The number of rotatable bonds is 4. The Kier molecular flexibility index (Phi) is 3.96. The third-order valence-electron chi connectivity index (χ3n) is 3.87. The summed E-state index contributed by atoms with van der Waals surface area (Å²) >= 11 is 0. The first-order valence-electron chi connectivity index (χ1n) is 7.56. The first-order valence-corrected chi connectivity index (χ1v) is 7.56. The molecule has 1 aromatic heterocycles. The molecule has 3 rings (SSSR count). The fourth-order valence-corrected chi connectivity index (χ4v) is 2.85. The Hall–Kier alpha value is -2.55. The molecule has 22 heavy (non-hydrogen) atoms. The lowest BCUT2D eigenvalue weighted by atomic mass is 10.1. The van der Waals surface area contributed by atoms with E-state index in [1.165, 1.54) is 0 Å². The van der Waals surface area contributed by atoms with Gasteiger partial charge < -0.3 is 9.30 Å². The Morgan fingerprint density at radius 2 is 1.73 bits per heavy atom. The number of carbonyl (C=O) groups excluding carboxylic acids is 1. The molecule has 0 bridgehead atoms. The van der Waals surface area contributed by atoms with Crippen LogP contribution in [0.5, 0.6) is 5.75 Å². The van der Waals surface area contributed by atoms with Crippen molar-refractivity contribution in [1.82, 2.24) is 4.57 Å². The van der Waals surface area contributed by atoms with Crippen molar-refractivity contribution >= 4 is 16.9 Å². The molecule has 0 aliphatic carbocycles. The fraction of sp³-hybridized carbons (Fsp3) is 0.211. The van der Waals surface area contributed by atoms with Gasteiger partial charge in [0.1, 0.15) is 5.75 Å². The number of para-hydroxylation sites is 2. The highest BCUT2D eigenvalue weighted by atomic mass is 16.5. The first-order chi connectivity index (χ1) is 10.7. The van der Waals surface area contributed by atoms with Gasteiger partial charge in [-0.05, 0) is 24.6 Å². The molecule has 3 heteroatoms. The van der Waals surface area contributed by atoms with E-state index in [2.05, 4.69) is 11.5 Å². The number of ether oxygens (including phenoxy) is 1. The second-order valence-corrected chi connectivity index (χ2v) is 5.35. The topological polar surface area (TPSA) is 31.2 Å². The van der Waals surface area contributed by atoms with Crippen LogP contribution in [-0.4, -0.2) is 10.5 Å². The first kappa shape index (κ1) is 14.4. The Bertz CT molecular complexity index is 803. The predicted octanol–water partition coefficient (Wildman–Crippen LogP) is 4.35. The minimum Gasteiger partial charge on any atom is -0.423 e. The van der Waals surface area contributed by atoms with E-state index in [0.29, 0.717) is 11.3 Å². The van der Waals surface area contributed by atoms with Crippen LogP contribution < -0.4 is 4.74 Å². The lowest BCUT2D eigenvalue weighted by Gasteiger charge is -2.07. The van der Waals surface area contributed by atoms with E-state index < -0.39 is 0 Å². The molecule has 0 spiro atoms. The van der Waals surface area contributed by atoms with Gasteiger partial charge in [-0.1, -0.05) is 49.7 Å². The van der Waals surface area contributed by atoms with Crippen LogP contribution in [-0.2, 0) is 13.5 Å². The van der Waals surface area contributed by atoms with Crippen molar-refractivity contribution in [3.05, 3.63) is 65.9 Å². The van der Waals surface area contributed by atoms with Crippen molar-refractivity contribution in [2.45, 2.75) is 19.8 Å². The summed E-state index contributed by atoms with van der Waals surface area (Å²) in [5.41, 5.74) is 2.78. The number of nitrogens with zero attached hydrogens (tertiary/aromatic N) is 1. The Labute approximate surface area is 130 Å². The average molecular weight is 293 g/mol. The van der Waals surface area contributed by atoms with Crippen LogP contribution in [0.15, 0.2) is 54.6 Å². The average Bonchev–Trinajstić information content (AvgIpc) is 2.82. The van der Waals surface area contributed by atoms with Crippen molar-refractivity contribution in [3.8, 4) is 5.75 Å². The van der Waals surface area contributed by atoms with Gasteiger partial charge in [0.05, 0.1) is 5.56 Å². The zero-order valence-electron chi connectivity index (χ0n) is 12.9. The van der Waals surface area contributed by atoms with E-state index in [4.69, 9.17) is 4.74 Å². The number of carbonyl (C=O) groups is 1. The third kappa shape index (κ3) is 2.50. The molecule has 3 aromatic rings. The lowest BCUT2D eigenvalue weighted by molar-refractivity contribution is 0.0735. The quantitative estimate of drug-likeness (QED) is 0.529. The molecular formula is C19H19NO2. The van der Waals surface area contributed by atoms with Crippen LogP contribution in [0, 0.1) is 0 Å². The van der Waals surface area contributed by atoms with Gasteiger partial charge in [0.25, 0.3) is 0 Å². The highest BCUT2D eigenvalue weighted by Gasteiger charge is 2.21. The van der Waals surface area contributed by atoms with Crippen LogP contribution in [0.1, 0.15) is 29.4 Å². The lowest BCUT2D eigenvalue weighted by Crippen LogP contribution is -2.11. The summed E-state index contributed by atoms with van der Waals surface area (Å²) in [5, 5.41) is 0.953. The summed E-state index contributed by atoms with van der Waals surface area (Å²) in [4.78, 5) is 12.7. The van der Waals surface area contributed by atoms with E-state index in [-0.39, 0.29) is 5.97 Å². The number of benzene rings is 2. The van der Waals surface area contributed by atoms with Crippen molar-refractivity contribution < 1.29 is 9.53 Å². The van der Waals surface area contributed by atoms with E-state index in [1.54, 1.807) is 12.1 Å². The molecule has 0 saturated carbocycles. The van der Waals surface area contributed by atoms with Gasteiger partial charge in [-0.2, -0.15) is 0 Å². The monoisotopic (exact) mass is 293 g/mol. The van der Waals surface area contributed by atoms with Gasteiger partial charge in [-0.15, -0.1) is 0 Å². The van der Waals surface area contributed by atoms with Crippen LogP contribution in [0.3, 0.4) is 0 Å². The summed E-state index contributed by atoms with van der Waals surface area (Å²) in [6, 6.07) is 17.2. The molecule has 0 N–H and O–H groups in total. The number of esters is 1. The summed E-state index contributed by atoms with van der Waals surface area (Å²) in [7, 11) is 2.01. The zero-order chi connectivity index (χ0) is 15.5. The van der Waals surface area contributed by atoms with Gasteiger partial charge in [-0.3, -0.25) is 0 Å². The summed E-state index contributed by atoms with van der Waals surface area (Å²) in [6.07, 6.45) is 1.83. The van der Waals surface area contributed by atoms with Crippen LogP contribution in [0.25, 0.3) is 10.9 Å². The molecule has 0 fully saturated rings. The van der Waals surface area contributed by atoms with Crippen LogP contribution in [0.4, 0.5) is 0 Å². The second kappa shape index (κ2) is 6.06. The highest BCUT2D eigenvalue weighted by molar-refractivity contribution is 6.06. The van der Waals surface area contributed by atoms with E-state index in [0.717, 1.165) is 29.4 Å². The maximum atomic E-state index is 12.7. The highest BCUT2D eigenvalue weighted by Crippen LogP contribution is 2.27. The minimum absolute atomic E-state index is 0.286. The normalized spacial score (nSPS) is 10.8. The van der Waals surface area contributed by atoms with Gasteiger partial charge in [0.2, 0.25) is 0 Å². The molecule has 0 aliphatic heterocycles. The van der Waals surface area contributed by atoms with Crippen molar-refractivity contribution in [2.24, 2.45) is 7.05 Å². The molecule has 0 radical (unpaired) electrons. The zero-order valence-corrected chi connectivity index (χ0v) is 12.9. The molecule has 3 nitrogen and oxygen atoms in total. The molecule has 2 aromatic carbocycles. The van der Waals surface area contributed by atoms with Crippen LogP contribution >= 0.6 is 0 Å². The molecule has 0 amide bonds. The molecule has 0 unspecified atom stereocenters. The van der Waals surface area contributed by atoms with E-state index in [1.807, 2.05) is 49.5 Å². The summed E-state index contributed by atoms with van der Waals surface area (Å²) in [5.74, 6) is 0.286. The molecule has 0 atom stereocenters. The number of aryl methyl sites for hydroxylation is 1. The number of fused-ring (bicyclic) bond motifs is 1.